The van der Waals surface area contributed by atoms with Gasteiger partial charge >= 0.3 is 5.97 Å². The van der Waals surface area contributed by atoms with Gasteiger partial charge in [-0.05, 0) is 19.8 Å². The van der Waals surface area contributed by atoms with Crippen molar-refractivity contribution in [2.24, 2.45) is 11.8 Å². The number of carbonyl (C=O) groups excluding carboxylic acids is 2. The molecule has 2 amide bonds. The molecule has 0 aromatic carbocycles. The fourth-order valence-corrected chi connectivity index (χ4v) is 2.08. The summed E-state index contributed by atoms with van der Waals surface area (Å²) in [7, 11) is 0. The van der Waals surface area contributed by atoms with Crippen LogP contribution in [-0.4, -0.2) is 35.5 Å². The second kappa shape index (κ2) is 7.11. The van der Waals surface area contributed by atoms with Crippen LogP contribution < -0.4 is 10.6 Å². The average Bonchev–Trinajstić information content (AvgIpc) is 2.88. The Morgan fingerprint density at radius 3 is 2.32 bits per heavy atom. The molecule has 0 bridgehead atoms. The Balaban J connectivity index is 2.31. The molecule has 0 aromatic rings. The molecule has 1 rings (SSSR count). The molecule has 0 spiro atoms. The molecule has 0 saturated heterocycles. The molecule has 6 heteroatoms. The van der Waals surface area contributed by atoms with E-state index >= 15 is 0 Å². The van der Waals surface area contributed by atoms with Crippen molar-refractivity contribution in [2.75, 3.05) is 6.54 Å². The van der Waals surface area contributed by atoms with E-state index in [-0.39, 0.29) is 24.3 Å². The fraction of sp³-hybridized carbons (Fsp3) is 0.769. The summed E-state index contributed by atoms with van der Waals surface area (Å²) in [4.78, 5) is 34.1. The quantitative estimate of drug-likeness (QED) is 0.655. The van der Waals surface area contributed by atoms with E-state index in [1.165, 1.54) is 6.92 Å². The first-order valence-corrected chi connectivity index (χ1v) is 6.72. The predicted molar refractivity (Wildman–Crippen MR) is 69.4 cm³/mol. The lowest BCUT2D eigenvalue weighted by atomic mass is 10.1. The third-order valence-corrected chi connectivity index (χ3v) is 3.48. The summed E-state index contributed by atoms with van der Waals surface area (Å²) in [6, 6.07) is -0.630. The number of carbonyl (C=O) groups is 3. The summed E-state index contributed by atoms with van der Waals surface area (Å²) in [6.07, 6.45) is 3.90. The van der Waals surface area contributed by atoms with Crippen LogP contribution in [0.3, 0.4) is 0 Å². The van der Waals surface area contributed by atoms with E-state index in [4.69, 9.17) is 5.11 Å². The smallest absolute Gasteiger partial charge is 0.308 e. The monoisotopic (exact) mass is 270 g/mol. The van der Waals surface area contributed by atoms with Gasteiger partial charge in [0.15, 0.2) is 0 Å². The van der Waals surface area contributed by atoms with Crippen molar-refractivity contribution >= 4 is 17.8 Å². The van der Waals surface area contributed by atoms with Crippen LogP contribution in [0.1, 0.15) is 39.5 Å². The summed E-state index contributed by atoms with van der Waals surface area (Å²) >= 11 is 0. The molecule has 1 aliphatic carbocycles. The van der Waals surface area contributed by atoms with Crippen LogP contribution >= 0.6 is 0 Å². The largest absolute Gasteiger partial charge is 0.481 e. The minimum absolute atomic E-state index is 0.0215. The van der Waals surface area contributed by atoms with Crippen molar-refractivity contribution in [1.82, 2.24) is 10.6 Å². The van der Waals surface area contributed by atoms with E-state index in [0.717, 1.165) is 25.7 Å². The maximum atomic E-state index is 11.8. The van der Waals surface area contributed by atoms with Gasteiger partial charge in [-0.1, -0.05) is 19.8 Å². The summed E-state index contributed by atoms with van der Waals surface area (Å²) in [5.74, 6) is -2.00. The fourth-order valence-electron chi connectivity index (χ4n) is 2.08. The molecule has 1 saturated carbocycles. The molecule has 1 fully saturated rings. The molecule has 0 aliphatic heterocycles. The highest BCUT2D eigenvalue weighted by molar-refractivity contribution is 5.88. The molecule has 3 N–H and O–H groups in total. The van der Waals surface area contributed by atoms with Crippen LogP contribution in [-0.2, 0) is 14.4 Å². The number of nitrogens with one attached hydrogen (secondary N) is 2. The summed E-state index contributed by atoms with van der Waals surface area (Å²) in [6.45, 7) is 3.19. The topological polar surface area (TPSA) is 95.5 Å². The lowest BCUT2D eigenvalue weighted by Gasteiger charge is -2.17. The molecule has 6 nitrogen and oxygen atoms in total. The van der Waals surface area contributed by atoms with Gasteiger partial charge in [-0.2, -0.15) is 0 Å². The van der Waals surface area contributed by atoms with E-state index in [1.54, 1.807) is 6.92 Å². The van der Waals surface area contributed by atoms with Crippen LogP contribution in [0.2, 0.25) is 0 Å². The zero-order valence-electron chi connectivity index (χ0n) is 11.4. The maximum absolute atomic E-state index is 11.8. The highest BCUT2D eigenvalue weighted by Gasteiger charge is 2.25. The van der Waals surface area contributed by atoms with Crippen LogP contribution in [0.25, 0.3) is 0 Å². The van der Waals surface area contributed by atoms with Gasteiger partial charge in [0.2, 0.25) is 11.8 Å². The van der Waals surface area contributed by atoms with Crippen molar-refractivity contribution in [3.05, 3.63) is 0 Å². The second-order valence-electron chi connectivity index (χ2n) is 5.20. The number of amides is 2. The number of carboxylic acids is 1. The summed E-state index contributed by atoms with van der Waals surface area (Å²) < 4.78 is 0. The molecule has 2 unspecified atom stereocenters. The standard InChI is InChI=1S/C13H22N2O4/c1-8(13(18)19)7-14-11(16)9(2)15-12(17)10-5-3-4-6-10/h8-10H,3-7H2,1-2H3,(H,14,16)(H,15,17)(H,18,19). The van der Waals surface area contributed by atoms with Gasteiger partial charge in [-0.25, -0.2) is 0 Å². The zero-order chi connectivity index (χ0) is 14.4. The third-order valence-electron chi connectivity index (χ3n) is 3.48. The Morgan fingerprint density at radius 2 is 1.79 bits per heavy atom. The van der Waals surface area contributed by atoms with Crippen LogP contribution in [0.15, 0.2) is 0 Å². The molecule has 108 valence electrons. The number of carboxylic acid groups (broad SMARTS) is 1. The molecule has 0 radical (unpaired) electrons. The molecule has 19 heavy (non-hydrogen) atoms. The van der Waals surface area contributed by atoms with Crippen LogP contribution in [0.5, 0.6) is 0 Å². The van der Waals surface area contributed by atoms with E-state index < -0.39 is 17.9 Å². The predicted octanol–water partition coefficient (Wildman–Crippen LogP) is 0.518. The van der Waals surface area contributed by atoms with E-state index in [0.29, 0.717) is 0 Å². The number of aliphatic carboxylic acids is 1. The van der Waals surface area contributed by atoms with Gasteiger partial charge in [-0.15, -0.1) is 0 Å². The first kappa shape index (κ1) is 15.5. The number of hydrogen-bond donors (Lipinski definition) is 3. The Morgan fingerprint density at radius 1 is 1.21 bits per heavy atom. The normalized spacial score (nSPS) is 18.6. The first-order valence-electron chi connectivity index (χ1n) is 6.72. The number of hydrogen-bond acceptors (Lipinski definition) is 3. The Hall–Kier alpha value is -1.59. The molecule has 0 heterocycles. The highest BCUT2D eigenvalue weighted by atomic mass is 16.4. The molecule has 2 atom stereocenters. The van der Waals surface area contributed by atoms with Gasteiger partial charge in [0, 0.05) is 12.5 Å². The lowest BCUT2D eigenvalue weighted by Crippen LogP contribution is -2.47. The minimum atomic E-state index is -0.956. The third kappa shape index (κ3) is 4.89. The highest BCUT2D eigenvalue weighted by Crippen LogP contribution is 2.24. The van der Waals surface area contributed by atoms with Gasteiger partial charge in [-0.3, -0.25) is 14.4 Å². The summed E-state index contributed by atoms with van der Waals surface area (Å²) in [5.41, 5.74) is 0. The Kier molecular flexibility index (Phi) is 5.79. The van der Waals surface area contributed by atoms with Crippen molar-refractivity contribution in [3.63, 3.8) is 0 Å². The van der Waals surface area contributed by atoms with Crippen LogP contribution in [0, 0.1) is 11.8 Å². The minimum Gasteiger partial charge on any atom is -0.481 e. The Bertz CT molecular complexity index is 351. The van der Waals surface area contributed by atoms with Gasteiger partial charge < -0.3 is 15.7 Å². The second-order valence-corrected chi connectivity index (χ2v) is 5.20. The van der Waals surface area contributed by atoms with Crippen molar-refractivity contribution < 1.29 is 19.5 Å². The Labute approximate surface area is 112 Å². The van der Waals surface area contributed by atoms with Gasteiger partial charge in [0.1, 0.15) is 6.04 Å². The molecular weight excluding hydrogens is 248 g/mol. The first-order chi connectivity index (χ1) is 8.91. The maximum Gasteiger partial charge on any atom is 0.308 e. The van der Waals surface area contributed by atoms with Crippen molar-refractivity contribution in [1.29, 1.82) is 0 Å². The molecule has 0 aromatic heterocycles. The van der Waals surface area contributed by atoms with E-state index in [2.05, 4.69) is 10.6 Å². The average molecular weight is 270 g/mol. The summed E-state index contributed by atoms with van der Waals surface area (Å²) in [5, 5.41) is 13.9. The van der Waals surface area contributed by atoms with Crippen molar-refractivity contribution in [3.8, 4) is 0 Å². The van der Waals surface area contributed by atoms with Gasteiger partial charge in [0.05, 0.1) is 5.92 Å². The zero-order valence-corrected chi connectivity index (χ0v) is 11.4. The SMILES string of the molecule is CC(CNC(=O)C(C)NC(=O)C1CCCC1)C(=O)O. The van der Waals surface area contributed by atoms with E-state index in [9.17, 15) is 14.4 Å². The molecule has 1 aliphatic rings. The lowest BCUT2D eigenvalue weighted by molar-refractivity contribution is -0.141. The number of rotatable bonds is 6. The van der Waals surface area contributed by atoms with E-state index in [1.807, 2.05) is 0 Å². The van der Waals surface area contributed by atoms with Crippen molar-refractivity contribution in [2.45, 2.75) is 45.6 Å². The molecular formula is C13H22N2O4. The van der Waals surface area contributed by atoms with Gasteiger partial charge in [0.25, 0.3) is 0 Å². The van der Waals surface area contributed by atoms with Crippen LogP contribution in [0.4, 0.5) is 0 Å².